The monoisotopic (exact) mass is 765 g/mol. The van der Waals surface area contributed by atoms with E-state index in [1.54, 1.807) is 0 Å². The van der Waals surface area contributed by atoms with Crippen LogP contribution in [0, 0.1) is 13.8 Å². The smallest absolute Gasteiger partial charge is 0.0544 e. The number of rotatable bonds is 4. The van der Waals surface area contributed by atoms with Gasteiger partial charge < -0.3 is 16.0 Å². The molecular weight excluding hydrogens is 715 g/mol. The summed E-state index contributed by atoms with van der Waals surface area (Å²) >= 11 is 0. The van der Waals surface area contributed by atoms with Crippen LogP contribution in [0.3, 0.4) is 0 Å². The van der Waals surface area contributed by atoms with Gasteiger partial charge in [0.15, 0.2) is 0 Å². The molecule has 1 aliphatic rings. The summed E-state index contributed by atoms with van der Waals surface area (Å²) in [7, 11) is 1.50. The molecule has 0 unspecified atom stereocenters. The Morgan fingerprint density at radius 2 is 0.983 bits per heavy atom. The second-order valence-corrected chi connectivity index (χ2v) is 15.3. The molecule has 1 aromatic heterocycles. The van der Waals surface area contributed by atoms with Crippen LogP contribution in [-0.2, 0) is 12.0 Å². The average Bonchev–Trinajstić information content (AvgIpc) is 3.77. The fraction of sp³-hybridized carbons (Fsp3) is 0.107. The van der Waals surface area contributed by atoms with E-state index in [0.29, 0.717) is 6.54 Å². The van der Waals surface area contributed by atoms with Gasteiger partial charge in [-0.3, -0.25) is 0 Å². The molecule has 4 N–H and O–H groups in total. The van der Waals surface area contributed by atoms with Crippen molar-refractivity contribution < 1.29 is 0 Å². The van der Waals surface area contributed by atoms with Gasteiger partial charge in [-0.25, -0.2) is 0 Å². The molecule has 1 heterocycles. The first-order valence-electron chi connectivity index (χ1n) is 20.5. The van der Waals surface area contributed by atoms with Gasteiger partial charge in [-0.2, -0.15) is 0 Å². The van der Waals surface area contributed by atoms with Crippen molar-refractivity contribution in [1.29, 1.82) is 0 Å². The standard InChI is InChI=1S/C29H22.C19H16N2.C7H8.CH5N/c1-19-9-3-4-12-22(19)23-13-5-6-14-24(23)29(2)25-15-7-10-20-17-18-21-11-8-16-26(29)28(21)27(20)25;20-13-14-10-11-17-16-8-4-5-9-18(16)21(19(17)12-14)15-6-2-1-3-7-15;1-7-5-3-2-4-6-7;1-2/h3-18H,1-2H3;1-12H,13,20H2;2-6H,1H3;2H2,1H3. The van der Waals surface area contributed by atoms with Crippen LogP contribution in [0.2, 0.25) is 0 Å². The van der Waals surface area contributed by atoms with Crippen molar-refractivity contribution in [3.63, 3.8) is 0 Å². The molecule has 3 nitrogen and oxygen atoms in total. The number of benzene rings is 9. The molecule has 9 aromatic carbocycles. The molecule has 3 heteroatoms. The van der Waals surface area contributed by atoms with E-state index in [9.17, 15) is 0 Å². The summed E-state index contributed by atoms with van der Waals surface area (Å²) < 4.78 is 2.31. The lowest BCUT2D eigenvalue weighted by Gasteiger charge is -2.31. The van der Waals surface area contributed by atoms with Crippen LogP contribution in [0.4, 0.5) is 0 Å². The molecule has 290 valence electrons. The number of aromatic nitrogens is 1. The lowest BCUT2D eigenvalue weighted by molar-refractivity contribution is 0.718. The molecule has 0 spiro atoms. The maximum atomic E-state index is 5.81. The highest BCUT2D eigenvalue weighted by atomic mass is 15.0. The van der Waals surface area contributed by atoms with E-state index < -0.39 is 0 Å². The highest BCUT2D eigenvalue weighted by molar-refractivity contribution is 6.15. The number of hydrogen-bond donors (Lipinski definition) is 2. The van der Waals surface area contributed by atoms with E-state index in [4.69, 9.17) is 5.73 Å². The molecule has 0 fully saturated rings. The predicted octanol–water partition coefficient (Wildman–Crippen LogP) is 13.4. The molecule has 11 rings (SSSR count). The number of fused-ring (bicyclic) bond motifs is 3. The van der Waals surface area contributed by atoms with E-state index in [0.717, 1.165) is 5.56 Å². The first-order valence-corrected chi connectivity index (χ1v) is 20.5. The second-order valence-electron chi connectivity index (χ2n) is 15.3. The molecule has 0 atom stereocenters. The largest absolute Gasteiger partial charge is 0.333 e. The van der Waals surface area contributed by atoms with Gasteiger partial charge in [0.2, 0.25) is 0 Å². The summed E-state index contributed by atoms with van der Waals surface area (Å²) in [5.74, 6) is 0. The topological polar surface area (TPSA) is 57.0 Å². The Morgan fingerprint density at radius 1 is 0.458 bits per heavy atom. The van der Waals surface area contributed by atoms with Gasteiger partial charge in [0, 0.05) is 28.4 Å². The number of aryl methyl sites for hydroxylation is 2. The van der Waals surface area contributed by atoms with E-state index in [1.165, 1.54) is 95.0 Å². The minimum Gasteiger partial charge on any atom is -0.333 e. The van der Waals surface area contributed by atoms with Crippen molar-refractivity contribution in [1.82, 2.24) is 4.57 Å². The Hall–Kier alpha value is -6.78. The lowest BCUT2D eigenvalue weighted by atomic mass is 9.71. The van der Waals surface area contributed by atoms with Crippen molar-refractivity contribution in [2.24, 2.45) is 11.5 Å². The van der Waals surface area contributed by atoms with Crippen LogP contribution >= 0.6 is 0 Å². The average molecular weight is 766 g/mol. The van der Waals surface area contributed by atoms with Gasteiger partial charge in [0.25, 0.3) is 0 Å². The van der Waals surface area contributed by atoms with E-state index in [2.05, 4.69) is 207 Å². The molecule has 0 saturated carbocycles. The van der Waals surface area contributed by atoms with Crippen LogP contribution in [0.25, 0.3) is 60.2 Å². The number of hydrogen-bond acceptors (Lipinski definition) is 2. The summed E-state index contributed by atoms with van der Waals surface area (Å²) in [5.41, 5.74) is 24.4. The van der Waals surface area contributed by atoms with Crippen LogP contribution in [-0.4, -0.2) is 11.6 Å². The zero-order valence-corrected chi connectivity index (χ0v) is 34.4. The molecule has 0 radical (unpaired) electrons. The Morgan fingerprint density at radius 3 is 1.59 bits per heavy atom. The van der Waals surface area contributed by atoms with E-state index in [-0.39, 0.29) is 5.41 Å². The van der Waals surface area contributed by atoms with Crippen molar-refractivity contribution in [3.8, 4) is 16.8 Å². The summed E-state index contributed by atoms with van der Waals surface area (Å²) in [6, 6.07) is 71.5. The van der Waals surface area contributed by atoms with Crippen LogP contribution in [0.15, 0.2) is 200 Å². The Bertz CT molecular complexity index is 2970. The molecule has 0 bridgehead atoms. The first kappa shape index (κ1) is 39.1. The highest BCUT2D eigenvalue weighted by Gasteiger charge is 2.40. The molecule has 0 amide bonds. The van der Waals surface area contributed by atoms with Crippen LogP contribution in [0.5, 0.6) is 0 Å². The molecular formula is C56H51N3. The second kappa shape index (κ2) is 17.0. The normalized spacial score (nSPS) is 12.1. The third-order valence-electron chi connectivity index (χ3n) is 11.8. The third kappa shape index (κ3) is 7.10. The minimum absolute atomic E-state index is 0.179. The molecule has 10 aromatic rings. The van der Waals surface area contributed by atoms with E-state index >= 15 is 0 Å². The fourth-order valence-corrected chi connectivity index (χ4v) is 8.99. The Balaban J connectivity index is 0.000000141. The van der Waals surface area contributed by atoms with Gasteiger partial charge >= 0.3 is 0 Å². The predicted molar refractivity (Wildman–Crippen MR) is 254 cm³/mol. The first-order chi connectivity index (χ1) is 29.0. The van der Waals surface area contributed by atoms with Crippen molar-refractivity contribution in [2.75, 3.05) is 7.05 Å². The molecule has 1 aliphatic carbocycles. The van der Waals surface area contributed by atoms with Gasteiger partial charge in [-0.1, -0.05) is 181 Å². The van der Waals surface area contributed by atoms with E-state index in [1.807, 2.05) is 24.3 Å². The maximum Gasteiger partial charge on any atom is 0.0544 e. The zero-order valence-electron chi connectivity index (χ0n) is 34.4. The molecule has 0 saturated heterocycles. The number of nitrogens with zero attached hydrogens (tertiary/aromatic N) is 1. The molecule has 0 aliphatic heterocycles. The van der Waals surface area contributed by atoms with Crippen LogP contribution < -0.4 is 11.5 Å². The summed E-state index contributed by atoms with van der Waals surface area (Å²) in [6.07, 6.45) is 0. The zero-order chi connectivity index (χ0) is 40.9. The molecule has 59 heavy (non-hydrogen) atoms. The van der Waals surface area contributed by atoms with Gasteiger partial charge in [-0.05, 0) is 113 Å². The number of nitrogens with two attached hydrogens (primary N) is 2. The summed E-state index contributed by atoms with van der Waals surface area (Å²) in [6.45, 7) is 7.26. The van der Waals surface area contributed by atoms with Crippen molar-refractivity contribution in [3.05, 3.63) is 234 Å². The maximum absolute atomic E-state index is 5.81. The van der Waals surface area contributed by atoms with Crippen molar-refractivity contribution in [2.45, 2.75) is 32.7 Å². The highest BCUT2D eigenvalue weighted by Crippen LogP contribution is 2.54. The van der Waals surface area contributed by atoms with Crippen LogP contribution in [0.1, 0.15) is 40.3 Å². The van der Waals surface area contributed by atoms with Crippen molar-refractivity contribution >= 4 is 43.4 Å². The SMILES string of the molecule is CN.Cc1ccccc1.Cc1ccccc1-c1ccccc1C1(C)c2cccc3ccc4cccc1c4c23.NCc1ccc2c3ccccc3n(-c3ccccc3)c2c1. The van der Waals surface area contributed by atoms with Gasteiger partial charge in [0.05, 0.1) is 11.0 Å². The van der Waals surface area contributed by atoms with Gasteiger partial charge in [-0.15, -0.1) is 0 Å². The van der Waals surface area contributed by atoms with Gasteiger partial charge in [0.1, 0.15) is 0 Å². The number of para-hydroxylation sites is 2. The third-order valence-corrected chi connectivity index (χ3v) is 11.8. The fourth-order valence-electron chi connectivity index (χ4n) is 8.99. The Labute approximate surface area is 348 Å². The summed E-state index contributed by atoms with van der Waals surface area (Å²) in [4.78, 5) is 0. The summed E-state index contributed by atoms with van der Waals surface area (Å²) in [5, 5.41) is 8.05. The quantitative estimate of drug-likeness (QED) is 0.175. The minimum atomic E-state index is -0.179. The lowest BCUT2D eigenvalue weighted by Crippen LogP contribution is -2.23. The Kier molecular flexibility index (Phi) is 11.2.